The monoisotopic (exact) mass is 483 g/mol. The molecule has 0 saturated carbocycles. The molecule has 180 valence electrons. The molecule has 1 amide bonds. The molecular weight excluding hydrogens is 467 g/mol. The zero-order chi connectivity index (χ0) is 25.6. The Bertz CT molecular complexity index is 1140. The minimum atomic E-state index is -1.81. The van der Waals surface area contributed by atoms with Gasteiger partial charge in [-0.05, 0) is 24.3 Å². The Kier molecular flexibility index (Phi) is 8.31. The van der Waals surface area contributed by atoms with Gasteiger partial charge in [0.2, 0.25) is 5.75 Å². The van der Waals surface area contributed by atoms with Crippen molar-refractivity contribution in [1.29, 1.82) is 0 Å². The van der Waals surface area contributed by atoms with Crippen LogP contribution in [0.15, 0.2) is 24.3 Å². The van der Waals surface area contributed by atoms with E-state index in [0.29, 0.717) is 6.07 Å². The zero-order valence-electron chi connectivity index (χ0n) is 17.8. The Morgan fingerprint density at radius 2 is 1.32 bits per heavy atom. The van der Waals surface area contributed by atoms with Crippen LogP contribution in [0, 0.1) is 17.5 Å². The van der Waals surface area contributed by atoms with E-state index >= 15 is 0 Å². The molecule has 10 nitrogen and oxygen atoms in total. The molecule has 1 N–H and O–H groups in total. The van der Waals surface area contributed by atoms with Crippen molar-refractivity contribution in [1.82, 2.24) is 0 Å². The minimum absolute atomic E-state index is 0.393. The summed E-state index contributed by atoms with van der Waals surface area (Å²) in [5, 5.41) is 1.90. The van der Waals surface area contributed by atoms with Crippen molar-refractivity contribution in [3.8, 4) is 17.2 Å². The van der Waals surface area contributed by atoms with Crippen molar-refractivity contribution in [2.75, 3.05) is 11.9 Å². The summed E-state index contributed by atoms with van der Waals surface area (Å²) >= 11 is 0. The maximum atomic E-state index is 13.7. The molecule has 0 unspecified atom stereocenters. The van der Waals surface area contributed by atoms with Gasteiger partial charge < -0.3 is 24.3 Å². The zero-order valence-corrected chi connectivity index (χ0v) is 17.8. The summed E-state index contributed by atoms with van der Waals surface area (Å²) in [6, 6.07) is 3.18. The lowest BCUT2D eigenvalue weighted by Gasteiger charge is -2.14. The molecule has 13 heteroatoms. The van der Waals surface area contributed by atoms with Crippen LogP contribution in [-0.2, 0) is 23.9 Å². The molecule has 0 atom stereocenters. The normalized spacial score (nSPS) is 10.2. The lowest BCUT2D eigenvalue weighted by Crippen LogP contribution is -2.22. The standard InChI is InChI=1S/C21H16F3NO9/c1-9(26)32-15-6-12(7-16(33-10(2)27)20(15)34-11(3)28)21(30)31-8-17(29)25-14-5-4-13(22)18(23)19(14)24/h4-7H,8H2,1-3H3,(H,25,29). The third kappa shape index (κ3) is 6.79. The predicted octanol–water partition coefficient (Wildman–Crippen LogP) is 2.68. The van der Waals surface area contributed by atoms with Crippen molar-refractivity contribution >= 4 is 35.5 Å². The number of ether oxygens (including phenoxy) is 4. The van der Waals surface area contributed by atoms with Crippen molar-refractivity contribution in [2.24, 2.45) is 0 Å². The van der Waals surface area contributed by atoms with Gasteiger partial charge in [0.25, 0.3) is 5.91 Å². The number of hydrogen-bond donors (Lipinski definition) is 1. The highest BCUT2D eigenvalue weighted by atomic mass is 19.2. The fraction of sp³-hybridized carbons (Fsp3) is 0.190. The van der Waals surface area contributed by atoms with E-state index < -0.39 is 82.3 Å². The molecule has 0 aliphatic rings. The van der Waals surface area contributed by atoms with Gasteiger partial charge in [-0.1, -0.05) is 0 Å². The number of esters is 4. The average Bonchev–Trinajstić information content (AvgIpc) is 2.73. The molecule has 2 aromatic carbocycles. The largest absolute Gasteiger partial charge is 0.452 e. The van der Waals surface area contributed by atoms with E-state index in [-0.39, 0.29) is 0 Å². The molecule has 0 fully saturated rings. The van der Waals surface area contributed by atoms with Crippen LogP contribution in [0.4, 0.5) is 18.9 Å². The van der Waals surface area contributed by atoms with E-state index in [0.717, 1.165) is 39.0 Å². The highest BCUT2D eigenvalue weighted by Gasteiger charge is 2.24. The highest BCUT2D eigenvalue weighted by Crippen LogP contribution is 2.39. The van der Waals surface area contributed by atoms with Crippen molar-refractivity contribution in [3.63, 3.8) is 0 Å². The molecule has 0 heterocycles. The van der Waals surface area contributed by atoms with Crippen LogP contribution in [0.25, 0.3) is 0 Å². The Hall–Kier alpha value is -4.42. The number of carbonyl (C=O) groups excluding carboxylic acids is 5. The maximum absolute atomic E-state index is 13.7. The quantitative estimate of drug-likeness (QED) is 0.358. The fourth-order valence-electron chi connectivity index (χ4n) is 2.42. The molecule has 34 heavy (non-hydrogen) atoms. The van der Waals surface area contributed by atoms with E-state index in [4.69, 9.17) is 18.9 Å². The summed E-state index contributed by atoms with van der Waals surface area (Å²) in [6.07, 6.45) is 0. The second-order valence-corrected chi connectivity index (χ2v) is 6.43. The van der Waals surface area contributed by atoms with Crippen LogP contribution < -0.4 is 19.5 Å². The first kappa shape index (κ1) is 25.8. The third-order valence-corrected chi connectivity index (χ3v) is 3.65. The molecule has 2 aromatic rings. The fourth-order valence-corrected chi connectivity index (χ4v) is 2.42. The summed E-state index contributed by atoms with van der Waals surface area (Å²) in [4.78, 5) is 58.5. The van der Waals surface area contributed by atoms with Crippen LogP contribution in [0.5, 0.6) is 17.2 Å². The summed E-state index contributed by atoms with van der Waals surface area (Å²) in [6.45, 7) is 2.05. The van der Waals surface area contributed by atoms with Crippen LogP contribution in [0.3, 0.4) is 0 Å². The number of benzene rings is 2. The van der Waals surface area contributed by atoms with Gasteiger partial charge in [0.1, 0.15) is 0 Å². The topological polar surface area (TPSA) is 134 Å². The number of anilines is 1. The highest BCUT2D eigenvalue weighted by molar-refractivity contribution is 5.96. The first-order valence-electron chi connectivity index (χ1n) is 9.22. The summed E-state index contributed by atoms with van der Waals surface area (Å²) < 4.78 is 59.3. The van der Waals surface area contributed by atoms with Crippen LogP contribution in [0.1, 0.15) is 31.1 Å². The minimum Gasteiger partial charge on any atom is -0.452 e. The molecular formula is C21H16F3NO9. The van der Waals surface area contributed by atoms with Crippen LogP contribution >= 0.6 is 0 Å². The number of halogens is 3. The van der Waals surface area contributed by atoms with Crippen LogP contribution in [-0.4, -0.2) is 36.4 Å². The molecule has 0 radical (unpaired) electrons. The number of nitrogens with one attached hydrogen (secondary N) is 1. The average molecular weight is 483 g/mol. The first-order valence-corrected chi connectivity index (χ1v) is 9.22. The summed E-state index contributed by atoms with van der Waals surface area (Å²) in [7, 11) is 0. The van der Waals surface area contributed by atoms with Gasteiger partial charge >= 0.3 is 23.9 Å². The van der Waals surface area contributed by atoms with Gasteiger partial charge in [0.15, 0.2) is 35.6 Å². The van der Waals surface area contributed by atoms with E-state index in [9.17, 15) is 37.1 Å². The van der Waals surface area contributed by atoms with Gasteiger partial charge in [-0.3, -0.25) is 19.2 Å². The van der Waals surface area contributed by atoms with E-state index in [1.54, 1.807) is 0 Å². The Morgan fingerprint density at radius 3 is 1.82 bits per heavy atom. The Labute approximate surface area is 189 Å². The maximum Gasteiger partial charge on any atom is 0.338 e. The molecule has 0 aliphatic heterocycles. The lowest BCUT2D eigenvalue weighted by molar-refractivity contribution is -0.135. The van der Waals surface area contributed by atoms with Crippen molar-refractivity contribution < 1.29 is 56.1 Å². The second-order valence-electron chi connectivity index (χ2n) is 6.43. The van der Waals surface area contributed by atoms with Gasteiger partial charge in [-0.25, -0.2) is 18.0 Å². The molecule has 0 spiro atoms. The third-order valence-electron chi connectivity index (χ3n) is 3.65. The molecule has 0 bridgehead atoms. The van der Waals surface area contributed by atoms with Gasteiger partial charge in [0.05, 0.1) is 11.3 Å². The van der Waals surface area contributed by atoms with Crippen LogP contribution in [0.2, 0.25) is 0 Å². The van der Waals surface area contributed by atoms with Crippen molar-refractivity contribution in [3.05, 3.63) is 47.3 Å². The Morgan fingerprint density at radius 1 is 0.794 bits per heavy atom. The summed E-state index contributed by atoms with van der Waals surface area (Å²) in [5.74, 6) is -11.3. The second kappa shape index (κ2) is 10.9. The number of rotatable bonds is 7. The SMILES string of the molecule is CC(=O)Oc1cc(C(=O)OCC(=O)Nc2ccc(F)c(F)c2F)cc(OC(C)=O)c1OC(C)=O. The number of carbonyl (C=O) groups is 5. The first-order chi connectivity index (χ1) is 15.9. The predicted molar refractivity (Wildman–Crippen MR) is 106 cm³/mol. The van der Waals surface area contributed by atoms with E-state index in [1.807, 2.05) is 5.32 Å². The number of hydrogen-bond acceptors (Lipinski definition) is 9. The smallest absolute Gasteiger partial charge is 0.338 e. The Balaban J connectivity index is 2.26. The molecule has 2 rings (SSSR count). The van der Waals surface area contributed by atoms with E-state index in [1.165, 1.54) is 0 Å². The molecule has 0 aromatic heterocycles. The summed E-state index contributed by atoms with van der Waals surface area (Å²) in [5.41, 5.74) is -1.09. The van der Waals surface area contributed by atoms with Gasteiger partial charge in [-0.15, -0.1) is 0 Å². The lowest BCUT2D eigenvalue weighted by atomic mass is 10.2. The van der Waals surface area contributed by atoms with Crippen molar-refractivity contribution in [2.45, 2.75) is 20.8 Å². The number of amides is 1. The molecule has 0 aliphatic carbocycles. The van der Waals surface area contributed by atoms with Gasteiger partial charge in [-0.2, -0.15) is 0 Å². The van der Waals surface area contributed by atoms with E-state index in [2.05, 4.69) is 0 Å². The van der Waals surface area contributed by atoms with Gasteiger partial charge in [0, 0.05) is 20.8 Å². The molecule has 0 saturated heterocycles.